The number of rotatable bonds is 3. The zero-order valence-corrected chi connectivity index (χ0v) is 10.8. The largest absolute Gasteiger partial charge is 0.379 e. The van der Waals surface area contributed by atoms with Gasteiger partial charge < -0.3 is 10.5 Å². The molecule has 0 spiro atoms. The second-order valence-corrected chi connectivity index (χ2v) is 6.00. The van der Waals surface area contributed by atoms with Crippen molar-refractivity contribution in [2.45, 2.75) is 65.0 Å². The highest BCUT2D eigenvalue weighted by atomic mass is 16.5. The number of ether oxygens (including phenoxy) is 1. The van der Waals surface area contributed by atoms with E-state index in [1.165, 1.54) is 32.1 Å². The van der Waals surface area contributed by atoms with Crippen LogP contribution in [0.25, 0.3) is 0 Å². The molecule has 1 rings (SSSR count). The van der Waals surface area contributed by atoms with Crippen LogP contribution in [0, 0.1) is 11.3 Å². The maximum Gasteiger partial charge on any atom is 0.0772 e. The van der Waals surface area contributed by atoms with Gasteiger partial charge in [0.1, 0.15) is 0 Å². The summed E-state index contributed by atoms with van der Waals surface area (Å²) in [4.78, 5) is 0. The molecule has 0 aromatic rings. The molecule has 1 aliphatic carbocycles. The first-order chi connectivity index (χ1) is 6.96. The second-order valence-electron chi connectivity index (χ2n) is 6.00. The zero-order valence-electron chi connectivity index (χ0n) is 10.8. The molecule has 0 heterocycles. The second kappa shape index (κ2) is 5.31. The van der Waals surface area contributed by atoms with E-state index in [0.29, 0.717) is 5.92 Å². The highest BCUT2D eigenvalue weighted by molar-refractivity contribution is 4.89. The Bertz CT molecular complexity index is 179. The van der Waals surface area contributed by atoms with E-state index in [1.54, 1.807) is 7.11 Å². The molecule has 1 aliphatic rings. The van der Waals surface area contributed by atoms with Crippen LogP contribution in [-0.2, 0) is 4.74 Å². The van der Waals surface area contributed by atoms with E-state index in [9.17, 15) is 0 Å². The summed E-state index contributed by atoms with van der Waals surface area (Å²) in [5.41, 5.74) is 6.51. The Kier molecular flexibility index (Phi) is 4.60. The average molecular weight is 213 g/mol. The van der Waals surface area contributed by atoms with Gasteiger partial charge in [-0.2, -0.15) is 0 Å². The maximum atomic E-state index is 6.36. The van der Waals surface area contributed by atoms with Crippen molar-refractivity contribution in [2.75, 3.05) is 7.11 Å². The van der Waals surface area contributed by atoms with E-state index in [-0.39, 0.29) is 17.6 Å². The molecule has 90 valence electrons. The van der Waals surface area contributed by atoms with Gasteiger partial charge in [0.15, 0.2) is 0 Å². The fraction of sp³-hybridized carbons (Fsp3) is 1.00. The van der Waals surface area contributed by atoms with Crippen molar-refractivity contribution in [3.05, 3.63) is 0 Å². The van der Waals surface area contributed by atoms with Crippen molar-refractivity contribution in [1.82, 2.24) is 0 Å². The molecule has 1 saturated carbocycles. The quantitative estimate of drug-likeness (QED) is 0.782. The Morgan fingerprint density at radius 3 is 2.07 bits per heavy atom. The monoisotopic (exact) mass is 213 g/mol. The number of nitrogens with two attached hydrogens (primary N) is 1. The van der Waals surface area contributed by atoms with Crippen molar-refractivity contribution in [3.8, 4) is 0 Å². The molecule has 0 bridgehead atoms. The average Bonchev–Trinajstić information content (AvgIpc) is 2.18. The van der Waals surface area contributed by atoms with Crippen LogP contribution >= 0.6 is 0 Å². The lowest BCUT2D eigenvalue weighted by Crippen LogP contribution is -2.49. The first kappa shape index (κ1) is 13.0. The van der Waals surface area contributed by atoms with Crippen LogP contribution < -0.4 is 5.73 Å². The standard InChI is InChI=1S/C13H27NO/c1-13(2,3)12(15-4)11(14)10-8-6-5-7-9-10/h10-12H,5-9,14H2,1-4H3. The number of hydrogen-bond acceptors (Lipinski definition) is 2. The molecule has 0 radical (unpaired) electrons. The van der Waals surface area contributed by atoms with Gasteiger partial charge in [0.25, 0.3) is 0 Å². The van der Waals surface area contributed by atoms with Crippen molar-refractivity contribution in [2.24, 2.45) is 17.1 Å². The van der Waals surface area contributed by atoms with Crippen LogP contribution in [0.4, 0.5) is 0 Å². The lowest BCUT2D eigenvalue weighted by atomic mass is 9.75. The van der Waals surface area contributed by atoms with E-state index in [2.05, 4.69) is 20.8 Å². The molecule has 0 saturated heterocycles. The Morgan fingerprint density at radius 1 is 1.13 bits per heavy atom. The molecule has 0 aromatic carbocycles. The van der Waals surface area contributed by atoms with Gasteiger partial charge in [0.2, 0.25) is 0 Å². The summed E-state index contributed by atoms with van der Waals surface area (Å²) in [6.45, 7) is 6.64. The van der Waals surface area contributed by atoms with Crippen LogP contribution in [-0.4, -0.2) is 19.3 Å². The molecule has 2 unspecified atom stereocenters. The third-order valence-corrected chi connectivity index (χ3v) is 3.65. The molecule has 15 heavy (non-hydrogen) atoms. The third-order valence-electron chi connectivity index (χ3n) is 3.65. The van der Waals surface area contributed by atoms with Crippen LogP contribution in [0.3, 0.4) is 0 Å². The van der Waals surface area contributed by atoms with Gasteiger partial charge in [0, 0.05) is 13.2 Å². The summed E-state index contributed by atoms with van der Waals surface area (Å²) >= 11 is 0. The van der Waals surface area contributed by atoms with Gasteiger partial charge in [-0.1, -0.05) is 40.0 Å². The number of hydrogen-bond donors (Lipinski definition) is 1. The van der Waals surface area contributed by atoms with Gasteiger partial charge >= 0.3 is 0 Å². The third kappa shape index (κ3) is 3.46. The van der Waals surface area contributed by atoms with Gasteiger partial charge in [0.05, 0.1) is 6.10 Å². The predicted octanol–water partition coefficient (Wildman–Crippen LogP) is 2.96. The highest BCUT2D eigenvalue weighted by Crippen LogP contribution is 2.33. The molecule has 2 atom stereocenters. The maximum absolute atomic E-state index is 6.36. The first-order valence-electron chi connectivity index (χ1n) is 6.25. The van der Waals surface area contributed by atoms with Crippen molar-refractivity contribution in [1.29, 1.82) is 0 Å². The van der Waals surface area contributed by atoms with Gasteiger partial charge in [-0.3, -0.25) is 0 Å². The van der Waals surface area contributed by atoms with E-state index < -0.39 is 0 Å². The van der Waals surface area contributed by atoms with E-state index in [0.717, 1.165) is 0 Å². The van der Waals surface area contributed by atoms with E-state index in [1.807, 2.05) is 0 Å². The van der Waals surface area contributed by atoms with E-state index >= 15 is 0 Å². The van der Waals surface area contributed by atoms with Crippen LogP contribution in [0.2, 0.25) is 0 Å². The minimum atomic E-state index is 0.144. The lowest BCUT2D eigenvalue weighted by Gasteiger charge is -2.39. The molecule has 2 N–H and O–H groups in total. The summed E-state index contributed by atoms with van der Waals surface area (Å²) in [5, 5.41) is 0. The molecule has 2 nitrogen and oxygen atoms in total. The smallest absolute Gasteiger partial charge is 0.0772 e. The molecule has 0 aromatic heterocycles. The van der Waals surface area contributed by atoms with Gasteiger partial charge in [-0.05, 0) is 24.2 Å². The fourth-order valence-corrected chi connectivity index (χ4v) is 2.85. The summed E-state index contributed by atoms with van der Waals surface area (Å²) in [7, 11) is 1.79. The van der Waals surface area contributed by atoms with Crippen molar-refractivity contribution < 1.29 is 4.74 Å². The molecular formula is C13H27NO. The van der Waals surface area contributed by atoms with Crippen molar-refractivity contribution >= 4 is 0 Å². The minimum absolute atomic E-state index is 0.144. The lowest BCUT2D eigenvalue weighted by molar-refractivity contribution is -0.0199. The molecule has 2 heteroatoms. The molecule has 0 aliphatic heterocycles. The molecular weight excluding hydrogens is 186 g/mol. The number of methoxy groups -OCH3 is 1. The Morgan fingerprint density at radius 2 is 1.67 bits per heavy atom. The first-order valence-corrected chi connectivity index (χ1v) is 6.25. The summed E-state index contributed by atoms with van der Waals surface area (Å²) in [6.07, 6.45) is 6.84. The molecule has 0 amide bonds. The van der Waals surface area contributed by atoms with Crippen molar-refractivity contribution in [3.63, 3.8) is 0 Å². The Labute approximate surface area is 94.6 Å². The van der Waals surface area contributed by atoms with Gasteiger partial charge in [-0.15, -0.1) is 0 Å². The SMILES string of the molecule is COC(C(N)C1CCCCC1)C(C)(C)C. The topological polar surface area (TPSA) is 35.2 Å². The predicted molar refractivity (Wildman–Crippen MR) is 64.8 cm³/mol. The normalized spacial score (nSPS) is 23.8. The summed E-state index contributed by atoms with van der Waals surface area (Å²) in [6, 6.07) is 0.204. The summed E-state index contributed by atoms with van der Waals surface area (Å²) in [5.74, 6) is 0.669. The van der Waals surface area contributed by atoms with Crippen LogP contribution in [0.15, 0.2) is 0 Å². The van der Waals surface area contributed by atoms with Crippen LogP contribution in [0.5, 0.6) is 0 Å². The summed E-state index contributed by atoms with van der Waals surface area (Å²) < 4.78 is 5.60. The van der Waals surface area contributed by atoms with Gasteiger partial charge in [-0.25, -0.2) is 0 Å². The zero-order chi connectivity index (χ0) is 11.5. The molecule has 1 fully saturated rings. The Hall–Kier alpha value is -0.0800. The Balaban J connectivity index is 2.59. The van der Waals surface area contributed by atoms with E-state index in [4.69, 9.17) is 10.5 Å². The minimum Gasteiger partial charge on any atom is -0.379 e. The highest BCUT2D eigenvalue weighted by Gasteiger charge is 2.35. The fourth-order valence-electron chi connectivity index (χ4n) is 2.85. The van der Waals surface area contributed by atoms with Crippen LogP contribution in [0.1, 0.15) is 52.9 Å².